The maximum absolute atomic E-state index is 12.5. The first-order chi connectivity index (χ1) is 17.3. The lowest BCUT2D eigenvalue weighted by atomic mass is 10.0. The Kier molecular flexibility index (Phi) is 12.1. The van der Waals surface area contributed by atoms with Crippen LogP contribution in [0.2, 0.25) is 0 Å². The lowest BCUT2D eigenvalue weighted by molar-refractivity contribution is -0.137. The summed E-state index contributed by atoms with van der Waals surface area (Å²) in [6.07, 6.45) is 9.41. The fraction of sp³-hybridized carbons (Fsp3) is 0.385. The summed E-state index contributed by atoms with van der Waals surface area (Å²) in [7, 11) is 1.78. The van der Waals surface area contributed by atoms with Gasteiger partial charge in [-0.15, -0.1) is 0 Å². The molecule has 0 bridgehead atoms. The van der Waals surface area contributed by atoms with Gasteiger partial charge in [-0.3, -0.25) is 24.6 Å². The Bertz CT molecular complexity index is 1040. The van der Waals surface area contributed by atoms with E-state index in [9.17, 15) is 19.2 Å². The van der Waals surface area contributed by atoms with Crippen molar-refractivity contribution in [1.82, 2.24) is 20.9 Å². The number of urea groups is 1. The monoisotopic (exact) mass is 514 g/mol. The Morgan fingerprint density at radius 1 is 1.36 bits per heavy atom. The van der Waals surface area contributed by atoms with Crippen LogP contribution in [-0.2, 0) is 26.9 Å². The summed E-state index contributed by atoms with van der Waals surface area (Å²) >= 11 is 1.31. The SMILES string of the molecule is C=C/C(=C\C(=C/C)CCOSC)NC(=O)NCc1ccc(C=O)c(CN(C)C2CCC(=O)NC2=O)c1. The molecule has 0 aromatic heterocycles. The van der Waals surface area contributed by atoms with Crippen LogP contribution in [0.4, 0.5) is 4.79 Å². The molecule has 2 rings (SSSR count). The van der Waals surface area contributed by atoms with E-state index in [2.05, 4.69) is 22.5 Å². The average molecular weight is 515 g/mol. The van der Waals surface area contributed by atoms with E-state index in [1.165, 1.54) is 12.0 Å². The highest BCUT2D eigenvalue weighted by Crippen LogP contribution is 2.18. The first-order valence-corrected chi connectivity index (χ1v) is 12.8. The number of imide groups is 1. The van der Waals surface area contributed by atoms with Crippen molar-refractivity contribution in [1.29, 1.82) is 0 Å². The molecular formula is C26H34N4O5S. The first kappa shape index (κ1) is 29.0. The molecule has 3 N–H and O–H groups in total. The van der Waals surface area contributed by atoms with Crippen LogP contribution in [0.1, 0.15) is 47.7 Å². The molecule has 1 aliphatic heterocycles. The van der Waals surface area contributed by atoms with Crippen molar-refractivity contribution in [2.24, 2.45) is 0 Å². The normalized spacial score (nSPS) is 16.5. The molecule has 0 aliphatic carbocycles. The highest BCUT2D eigenvalue weighted by atomic mass is 32.2. The van der Waals surface area contributed by atoms with Crippen LogP contribution >= 0.6 is 12.0 Å². The van der Waals surface area contributed by atoms with E-state index in [4.69, 9.17) is 4.18 Å². The number of likely N-dealkylation sites (N-methyl/N-ethyl adjacent to an activating group) is 1. The van der Waals surface area contributed by atoms with E-state index in [-0.39, 0.29) is 24.8 Å². The van der Waals surface area contributed by atoms with E-state index >= 15 is 0 Å². The summed E-state index contributed by atoms with van der Waals surface area (Å²) in [4.78, 5) is 49.5. The number of aldehydes is 1. The zero-order chi connectivity index (χ0) is 26.5. The molecule has 36 heavy (non-hydrogen) atoms. The van der Waals surface area contributed by atoms with Crippen LogP contribution in [0, 0.1) is 0 Å². The summed E-state index contributed by atoms with van der Waals surface area (Å²) in [5.74, 6) is -0.606. The third-order valence-electron chi connectivity index (χ3n) is 5.73. The summed E-state index contributed by atoms with van der Waals surface area (Å²) in [6, 6.07) is 4.46. The second kappa shape index (κ2) is 15.0. The fourth-order valence-electron chi connectivity index (χ4n) is 3.75. The Labute approximate surface area is 216 Å². The molecule has 0 radical (unpaired) electrons. The van der Waals surface area contributed by atoms with Crippen molar-refractivity contribution in [2.75, 3.05) is 19.9 Å². The zero-order valence-electron chi connectivity index (χ0n) is 21.0. The molecule has 1 fully saturated rings. The Balaban J connectivity index is 2.00. The Morgan fingerprint density at radius 3 is 2.78 bits per heavy atom. The van der Waals surface area contributed by atoms with Crippen molar-refractivity contribution in [3.8, 4) is 0 Å². The van der Waals surface area contributed by atoms with Gasteiger partial charge in [-0.1, -0.05) is 30.9 Å². The van der Waals surface area contributed by atoms with Crippen LogP contribution in [0.15, 0.2) is 54.3 Å². The molecule has 9 nitrogen and oxygen atoms in total. The van der Waals surface area contributed by atoms with E-state index < -0.39 is 12.1 Å². The number of allylic oxidation sites excluding steroid dienone is 3. The quantitative estimate of drug-likeness (QED) is 0.122. The molecule has 1 heterocycles. The zero-order valence-corrected chi connectivity index (χ0v) is 21.8. The third-order valence-corrected chi connectivity index (χ3v) is 6.13. The van der Waals surface area contributed by atoms with E-state index in [1.807, 2.05) is 36.3 Å². The number of amides is 4. The van der Waals surface area contributed by atoms with E-state index in [1.54, 1.807) is 25.3 Å². The fourth-order valence-corrected chi connectivity index (χ4v) is 4.00. The molecule has 4 amide bonds. The minimum Gasteiger partial charge on any atom is -0.334 e. The Morgan fingerprint density at radius 2 is 2.14 bits per heavy atom. The van der Waals surface area contributed by atoms with Gasteiger partial charge in [0.2, 0.25) is 11.8 Å². The van der Waals surface area contributed by atoms with Gasteiger partial charge >= 0.3 is 6.03 Å². The van der Waals surface area contributed by atoms with Crippen molar-refractivity contribution < 1.29 is 23.4 Å². The second-order valence-corrected chi connectivity index (χ2v) is 8.82. The summed E-state index contributed by atoms with van der Waals surface area (Å²) < 4.78 is 5.31. The smallest absolute Gasteiger partial charge is 0.319 e. The summed E-state index contributed by atoms with van der Waals surface area (Å²) in [6.45, 7) is 6.83. The van der Waals surface area contributed by atoms with Crippen LogP contribution in [-0.4, -0.2) is 55.0 Å². The number of benzene rings is 1. The lowest BCUT2D eigenvalue weighted by Crippen LogP contribution is -2.51. The van der Waals surface area contributed by atoms with Crippen molar-refractivity contribution in [3.63, 3.8) is 0 Å². The minimum atomic E-state index is -0.451. The van der Waals surface area contributed by atoms with E-state index in [0.717, 1.165) is 23.0 Å². The van der Waals surface area contributed by atoms with Gasteiger partial charge in [0.25, 0.3) is 0 Å². The van der Waals surface area contributed by atoms with Gasteiger partial charge in [0.1, 0.15) is 6.29 Å². The van der Waals surface area contributed by atoms with Gasteiger partial charge in [-0.2, -0.15) is 0 Å². The largest absolute Gasteiger partial charge is 0.334 e. The third kappa shape index (κ3) is 9.10. The second-order valence-electron chi connectivity index (χ2n) is 8.25. The molecular weight excluding hydrogens is 480 g/mol. The molecule has 1 aromatic carbocycles. The molecule has 1 aliphatic rings. The molecule has 1 unspecified atom stereocenters. The van der Waals surface area contributed by atoms with Crippen LogP contribution in [0.25, 0.3) is 0 Å². The number of carbonyl (C=O) groups excluding carboxylic acids is 4. The molecule has 0 spiro atoms. The highest BCUT2D eigenvalue weighted by molar-refractivity contribution is 7.93. The Hall–Kier alpha value is -3.21. The standard InChI is InChI=1S/C26H34N4O5S/c1-5-18(11-12-35-36-4)14-22(6-2)28-26(34)27-15-19-7-8-20(17-31)21(13-19)16-30(3)23-9-10-24(32)29-25(23)33/h5-8,13-14,17,23H,2,9-12,15-16H2,1,3-4H3,(H2,27,28,34)(H,29,32,33)/b18-5-,22-14+. The van der Waals surface area contributed by atoms with Crippen LogP contribution in [0.5, 0.6) is 0 Å². The molecule has 1 atom stereocenters. The van der Waals surface area contributed by atoms with Gasteiger partial charge in [0.15, 0.2) is 0 Å². The topological polar surface area (TPSA) is 117 Å². The molecule has 1 saturated heterocycles. The molecule has 194 valence electrons. The highest BCUT2D eigenvalue weighted by Gasteiger charge is 2.30. The van der Waals surface area contributed by atoms with Crippen molar-refractivity contribution >= 4 is 36.2 Å². The van der Waals surface area contributed by atoms with Gasteiger partial charge in [0.05, 0.1) is 12.6 Å². The van der Waals surface area contributed by atoms with Gasteiger partial charge in [-0.05, 0) is 67.7 Å². The number of nitrogens with zero attached hydrogens (tertiary/aromatic N) is 1. The maximum Gasteiger partial charge on any atom is 0.319 e. The summed E-state index contributed by atoms with van der Waals surface area (Å²) in [5, 5.41) is 7.95. The van der Waals surface area contributed by atoms with E-state index in [0.29, 0.717) is 37.3 Å². The van der Waals surface area contributed by atoms with Crippen LogP contribution in [0.3, 0.4) is 0 Å². The number of piperidine rings is 1. The number of carbonyl (C=O) groups is 4. The molecule has 0 saturated carbocycles. The average Bonchev–Trinajstić information content (AvgIpc) is 2.86. The van der Waals surface area contributed by atoms with Crippen molar-refractivity contribution in [2.45, 2.75) is 45.3 Å². The van der Waals surface area contributed by atoms with Gasteiger partial charge < -0.3 is 14.8 Å². The number of nitrogens with one attached hydrogen (secondary N) is 3. The maximum atomic E-state index is 12.5. The van der Waals surface area contributed by atoms with Gasteiger partial charge in [0, 0.05) is 37.0 Å². The predicted molar refractivity (Wildman–Crippen MR) is 141 cm³/mol. The molecule has 10 heteroatoms. The first-order valence-electron chi connectivity index (χ1n) is 11.6. The summed E-state index contributed by atoms with van der Waals surface area (Å²) in [5.41, 5.74) is 3.60. The number of hydrogen-bond donors (Lipinski definition) is 3. The van der Waals surface area contributed by atoms with Crippen molar-refractivity contribution in [3.05, 3.63) is 71.0 Å². The lowest BCUT2D eigenvalue weighted by Gasteiger charge is -2.30. The number of rotatable bonds is 13. The van der Waals surface area contributed by atoms with Gasteiger partial charge in [-0.25, -0.2) is 4.79 Å². The minimum absolute atomic E-state index is 0.239. The number of hydrogen-bond acceptors (Lipinski definition) is 7. The molecule has 1 aromatic rings. The van der Waals surface area contributed by atoms with Crippen LogP contribution < -0.4 is 16.0 Å². The predicted octanol–water partition coefficient (Wildman–Crippen LogP) is 3.24.